The smallest absolute Gasteiger partial charge is 0.319 e. The summed E-state index contributed by atoms with van der Waals surface area (Å²) in [7, 11) is 7.01. The van der Waals surface area contributed by atoms with E-state index in [0.29, 0.717) is 6.42 Å². The second kappa shape index (κ2) is 5.36. The van der Waals surface area contributed by atoms with Crippen LogP contribution in [0.1, 0.15) is 19.3 Å². The van der Waals surface area contributed by atoms with Gasteiger partial charge in [-0.15, -0.1) is 0 Å². The van der Waals surface area contributed by atoms with Gasteiger partial charge < -0.3 is 19.4 Å². The Labute approximate surface area is 114 Å². The highest BCUT2D eigenvalue weighted by Gasteiger charge is 2.44. The summed E-state index contributed by atoms with van der Waals surface area (Å²) < 4.78 is 5.89. The van der Waals surface area contributed by atoms with Gasteiger partial charge in [0.1, 0.15) is 6.10 Å². The molecule has 2 aliphatic heterocycles. The summed E-state index contributed by atoms with van der Waals surface area (Å²) in [6.45, 7) is 0.717. The molecule has 0 N–H and O–H groups in total. The maximum absolute atomic E-state index is 12.0. The number of carbonyl (C=O) groups excluding carboxylic acids is 2. The molecule has 2 fully saturated rings. The summed E-state index contributed by atoms with van der Waals surface area (Å²) in [4.78, 5) is 29.0. The van der Waals surface area contributed by atoms with Crippen molar-refractivity contribution in [3.8, 4) is 0 Å². The summed E-state index contributed by atoms with van der Waals surface area (Å²) in [5, 5.41) is 0. The van der Waals surface area contributed by atoms with Crippen molar-refractivity contribution < 1.29 is 14.3 Å². The molecule has 0 aromatic rings. The van der Waals surface area contributed by atoms with Gasteiger partial charge in [-0.05, 0) is 19.3 Å². The summed E-state index contributed by atoms with van der Waals surface area (Å²) in [5.74, 6) is 0.0239. The summed E-state index contributed by atoms with van der Waals surface area (Å²) in [5.41, 5.74) is 0. The molecule has 2 rings (SSSR count). The van der Waals surface area contributed by atoms with Crippen molar-refractivity contribution in [1.29, 1.82) is 0 Å². The van der Waals surface area contributed by atoms with Crippen LogP contribution in [0.3, 0.4) is 0 Å². The highest BCUT2D eigenvalue weighted by molar-refractivity contribution is 5.80. The Morgan fingerprint density at radius 1 is 1.05 bits per heavy atom. The number of urea groups is 1. The normalized spacial score (nSPS) is 29.9. The third-order valence-electron chi connectivity index (χ3n) is 3.89. The lowest BCUT2D eigenvalue weighted by Crippen LogP contribution is -2.50. The minimum Gasteiger partial charge on any atom is -0.363 e. The quantitative estimate of drug-likeness (QED) is 0.691. The first kappa shape index (κ1) is 14.1. The molecule has 6 heteroatoms. The molecule has 6 nitrogen and oxygen atoms in total. The van der Waals surface area contributed by atoms with E-state index in [1.54, 1.807) is 38.0 Å². The van der Waals surface area contributed by atoms with Crippen molar-refractivity contribution in [3.63, 3.8) is 0 Å². The molecule has 0 saturated carbocycles. The largest absolute Gasteiger partial charge is 0.363 e. The molecule has 0 bridgehead atoms. The summed E-state index contributed by atoms with van der Waals surface area (Å²) in [6.07, 6.45) is 2.02. The van der Waals surface area contributed by atoms with Gasteiger partial charge in [0.15, 0.2) is 0 Å². The number of hydrogen-bond donors (Lipinski definition) is 0. The number of fused-ring (bicyclic) bond motifs is 1. The van der Waals surface area contributed by atoms with Crippen LogP contribution in [0.15, 0.2) is 0 Å². The van der Waals surface area contributed by atoms with Crippen molar-refractivity contribution in [2.24, 2.45) is 0 Å². The van der Waals surface area contributed by atoms with Crippen LogP contribution in [0.2, 0.25) is 0 Å². The van der Waals surface area contributed by atoms with Crippen molar-refractivity contribution in [2.45, 2.75) is 37.5 Å². The topological polar surface area (TPSA) is 53.1 Å². The van der Waals surface area contributed by atoms with Gasteiger partial charge in [0.05, 0.1) is 12.1 Å². The molecule has 0 aromatic carbocycles. The fourth-order valence-electron chi connectivity index (χ4n) is 2.89. The number of carbonyl (C=O) groups is 2. The Morgan fingerprint density at radius 3 is 2.32 bits per heavy atom. The van der Waals surface area contributed by atoms with E-state index in [0.717, 1.165) is 19.4 Å². The van der Waals surface area contributed by atoms with E-state index < -0.39 is 0 Å². The van der Waals surface area contributed by atoms with E-state index in [-0.39, 0.29) is 30.2 Å². The first-order valence-corrected chi connectivity index (χ1v) is 6.76. The summed E-state index contributed by atoms with van der Waals surface area (Å²) in [6, 6.07) is 0.162. The van der Waals surface area contributed by atoms with Crippen molar-refractivity contribution in [3.05, 3.63) is 0 Å². The first-order chi connectivity index (χ1) is 8.91. The number of hydrogen-bond acceptors (Lipinski definition) is 3. The molecule has 108 valence electrons. The number of likely N-dealkylation sites (N-methyl/N-ethyl adjacent to an activating group) is 1. The predicted octanol–water partition coefficient (Wildman–Crippen LogP) is 0.378. The number of nitrogens with zero attached hydrogens (tertiary/aromatic N) is 3. The second-order valence-corrected chi connectivity index (χ2v) is 5.70. The van der Waals surface area contributed by atoms with Crippen molar-refractivity contribution >= 4 is 11.9 Å². The van der Waals surface area contributed by atoms with Crippen LogP contribution in [0.5, 0.6) is 0 Å². The predicted molar refractivity (Wildman–Crippen MR) is 70.8 cm³/mol. The molecule has 0 radical (unpaired) electrons. The van der Waals surface area contributed by atoms with Gasteiger partial charge in [-0.3, -0.25) is 4.79 Å². The third kappa shape index (κ3) is 2.68. The minimum absolute atomic E-state index is 0.00606. The second-order valence-electron chi connectivity index (χ2n) is 5.70. The zero-order valence-corrected chi connectivity index (χ0v) is 12.1. The Bertz CT molecular complexity index is 370. The molecule has 2 saturated heterocycles. The Morgan fingerprint density at radius 2 is 1.74 bits per heavy atom. The molecule has 0 spiro atoms. The van der Waals surface area contributed by atoms with Gasteiger partial charge in [0.2, 0.25) is 0 Å². The molecule has 3 atom stereocenters. The third-order valence-corrected chi connectivity index (χ3v) is 3.89. The molecule has 0 aliphatic carbocycles. The molecular weight excluding hydrogens is 246 g/mol. The van der Waals surface area contributed by atoms with E-state index in [1.807, 2.05) is 4.90 Å². The lowest BCUT2D eigenvalue weighted by atomic mass is 9.98. The lowest BCUT2D eigenvalue weighted by molar-refractivity contribution is -0.151. The molecule has 2 aliphatic rings. The molecule has 0 aromatic heterocycles. The number of ether oxygens (including phenoxy) is 1. The van der Waals surface area contributed by atoms with Crippen LogP contribution in [0.25, 0.3) is 0 Å². The molecule has 19 heavy (non-hydrogen) atoms. The number of rotatable bonds is 1. The van der Waals surface area contributed by atoms with E-state index in [1.165, 1.54) is 0 Å². The van der Waals surface area contributed by atoms with Crippen LogP contribution in [0.4, 0.5) is 4.79 Å². The summed E-state index contributed by atoms with van der Waals surface area (Å²) >= 11 is 0. The fourth-order valence-corrected chi connectivity index (χ4v) is 2.89. The maximum Gasteiger partial charge on any atom is 0.319 e. The van der Waals surface area contributed by atoms with Gasteiger partial charge >= 0.3 is 6.03 Å². The SMILES string of the molecule is CN(C)C(=O)[C@@H]1CC[C@H]2[C@H](CCN2C(=O)N(C)C)O1. The van der Waals surface area contributed by atoms with Gasteiger partial charge in [0.25, 0.3) is 5.91 Å². The number of likely N-dealkylation sites (tertiary alicyclic amines) is 1. The fraction of sp³-hybridized carbons (Fsp3) is 0.846. The maximum atomic E-state index is 12.0. The van der Waals surface area contributed by atoms with Gasteiger partial charge in [0, 0.05) is 34.7 Å². The van der Waals surface area contributed by atoms with Gasteiger partial charge in [-0.25, -0.2) is 4.79 Å². The minimum atomic E-state index is -0.342. The lowest BCUT2D eigenvalue weighted by Gasteiger charge is -2.36. The van der Waals surface area contributed by atoms with Crippen LogP contribution >= 0.6 is 0 Å². The standard InChI is InChI=1S/C13H23N3O3/c1-14(2)12(17)11-6-5-9-10(19-11)7-8-16(9)13(18)15(3)4/h9-11H,5-8H2,1-4H3/t9-,10-,11-/m0/s1. The van der Waals surface area contributed by atoms with Gasteiger partial charge in [-0.2, -0.15) is 0 Å². The Kier molecular flexibility index (Phi) is 3.99. The Balaban J connectivity index is 1.99. The van der Waals surface area contributed by atoms with E-state index >= 15 is 0 Å². The van der Waals surface area contributed by atoms with E-state index in [2.05, 4.69) is 0 Å². The van der Waals surface area contributed by atoms with Crippen LogP contribution in [-0.2, 0) is 9.53 Å². The highest BCUT2D eigenvalue weighted by Crippen LogP contribution is 2.32. The zero-order chi connectivity index (χ0) is 14.2. The molecular formula is C13H23N3O3. The Hall–Kier alpha value is -1.30. The van der Waals surface area contributed by atoms with Crippen molar-refractivity contribution in [1.82, 2.24) is 14.7 Å². The van der Waals surface area contributed by atoms with Crippen LogP contribution in [-0.4, -0.2) is 79.6 Å². The first-order valence-electron chi connectivity index (χ1n) is 6.76. The van der Waals surface area contributed by atoms with Crippen molar-refractivity contribution in [2.75, 3.05) is 34.7 Å². The number of amides is 3. The highest BCUT2D eigenvalue weighted by atomic mass is 16.5. The average molecular weight is 269 g/mol. The molecule has 3 amide bonds. The van der Waals surface area contributed by atoms with E-state index in [9.17, 15) is 9.59 Å². The zero-order valence-electron chi connectivity index (χ0n) is 12.1. The molecule has 0 unspecified atom stereocenters. The van der Waals surface area contributed by atoms with E-state index in [4.69, 9.17) is 4.74 Å². The van der Waals surface area contributed by atoms with Crippen LogP contribution in [0, 0.1) is 0 Å². The average Bonchev–Trinajstić information content (AvgIpc) is 2.79. The monoisotopic (exact) mass is 269 g/mol. The van der Waals surface area contributed by atoms with Gasteiger partial charge in [-0.1, -0.05) is 0 Å². The molecule has 2 heterocycles. The van der Waals surface area contributed by atoms with Crippen LogP contribution < -0.4 is 0 Å².